The Morgan fingerprint density at radius 3 is 2.47 bits per heavy atom. The third-order valence-electron chi connectivity index (χ3n) is 7.48. The smallest absolute Gasteiger partial charge is 0.407 e. The van der Waals surface area contributed by atoms with Gasteiger partial charge in [-0.05, 0) is 60.4 Å². The Kier molecular flexibility index (Phi) is 12.2. The lowest BCUT2D eigenvalue weighted by atomic mass is 9.88. The molecular weight excluding hydrogens is 666 g/mol. The number of alkyl halides is 3. The Bertz CT molecular complexity index is 1650. The normalized spacial score (nSPS) is 17.5. The molecule has 2 amide bonds. The van der Waals surface area contributed by atoms with E-state index >= 15 is 4.39 Å². The molecule has 0 aromatic heterocycles. The molecule has 1 aliphatic rings. The van der Waals surface area contributed by atoms with Crippen LogP contribution < -0.4 is 16.0 Å². The molecule has 9 nitrogen and oxygen atoms in total. The number of nitrogens with one attached hydrogen (secondary N) is 3. The van der Waals surface area contributed by atoms with Crippen molar-refractivity contribution in [1.29, 1.82) is 0 Å². The van der Waals surface area contributed by atoms with Gasteiger partial charge in [-0.25, -0.2) is 17.6 Å². The number of amides is 2. The SMILES string of the molecule is CS(=O)(=O)c1cccc([C@@H](CC(=O)Nc2cccc(F)c2CC[C@@H]2CN[C@H](COC(=O)NCC(F)(F)F)CO2)c2ccc(Cl)cc2)c1. The first kappa shape index (κ1) is 36.1. The zero-order valence-electron chi connectivity index (χ0n) is 25.3. The number of morpholine rings is 1. The van der Waals surface area contributed by atoms with Crippen LogP contribution in [-0.2, 0) is 30.5 Å². The Hall–Kier alpha value is -3.72. The molecule has 0 aliphatic carbocycles. The lowest BCUT2D eigenvalue weighted by molar-refractivity contribution is -0.124. The Labute approximate surface area is 274 Å². The maximum Gasteiger partial charge on any atom is 0.407 e. The van der Waals surface area contributed by atoms with Crippen LogP contribution in [0.4, 0.5) is 28.0 Å². The van der Waals surface area contributed by atoms with Crippen molar-refractivity contribution in [2.75, 3.05) is 37.9 Å². The summed E-state index contributed by atoms with van der Waals surface area (Å²) in [4.78, 5) is 25.0. The van der Waals surface area contributed by atoms with Crippen LogP contribution >= 0.6 is 11.6 Å². The van der Waals surface area contributed by atoms with E-state index in [0.717, 1.165) is 11.8 Å². The molecule has 1 fully saturated rings. The highest BCUT2D eigenvalue weighted by Crippen LogP contribution is 2.32. The molecule has 0 unspecified atom stereocenters. The minimum Gasteiger partial charge on any atom is -0.448 e. The van der Waals surface area contributed by atoms with Gasteiger partial charge in [0.15, 0.2) is 9.84 Å². The molecule has 3 atom stereocenters. The number of hydrogen-bond donors (Lipinski definition) is 3. The lowest BCUT2D eigenvalue weighted by Gasteiger charge is -2.30. The molecule has 1 aliphatic heterocycles. The second-order valence-electron chi connectivity index (χ2n) is 11.1. The van der Waals surface area contributed by atoms with Crippen molar-refractivity contribution in [1.82, 2.24) is 10.6 Å². The molecule has 47 heavy (non-hydrogen) atoms. The second-order valence-corrected chi connectivity index (χ2v) is 13.6. The molecule has 0 spiro atoms. The third-order valence-corrected chi connectivity index (χ3v) is 8.84. The predicted molar refractivity (Wildman–Crippen MR) is 168 cm³/mol. The fraction of sp³-hybridized carbons (Fsp3) is 0.375. The van der Waals surface area contributed by atoms with E-state index in [-0.39, 0.29) is 48.3 Å². The molecule has 4 rings (SSSR count). The van der Waals surface area contributed by atoms with Gasteiger partial charge in [0.2, 0.25) is 5.91 Å². The predicted octanol–water partition coefficient (Wildman–Crippen LogP) is 5.62. The standard InChI is InChI=1S/C32H34ClF4N3O6S/c1-47(43,44)25-5-2-4-21(14-25)27(20-8-10-22(33)11-9-20)15-30(41)40-29-7-3-6-28(34)26(29)13-12-24-16-38-23(17-45-24)18-46-31(42)39-19-32(35,36)37/h2-11,14,23-24,27,38H,12-13,15-19H2,1H3,(H,39,42)(H,40,41)/t23-,24+,27-/m0/s1. The molecule has 0 radical (unpaired) electrons. The molecule has 3 aromatic rings. The van der Waals surface area contributed by atoms with Crippen molar-refractivity contribution in [3.8, 4) is 0 Å². The monoisotopic (exact) mass is 699 g/mol. The first-order valence-corrected chi connectivity index (χ1v) is 16.9. The summed E-state index contributed by atoms with van der Waals surface area (Å²) < 4.78 is 86.7. The molecule has 1 heterocycles. The summed E-state index contributed by atoms with van der Waals surface area (Å²) in [5, 5.41) is 8.04. The van der Waals surface area contributed by atoms with Gasteiger partial charge >= 0.3 is 12.3 Å². The van der Waals surface area contributed by atoms with E-state index in [1.807, 2.05) is 0 Å². The minimum absolute atomic E-state index is 0.0713. The van der Waals surface area contributed by atoms with Crippen LogP contribution in [0.3, 0.4) is 0 Å². The van der Waals surface area contributed by atoms with E-state index in [9.17, 15) is 31.2 Å². The molecular formula is C32H34ClF4N3O6S. The van der Waals surface area contributed by atoms with Gasteiger partial charge in [0.1, 0.15) is 19.0 Å². The van der Waals surface area contributed by atoms with E-state index in [1.165, 1.54) is 24.3 Å². The maximum atomic E-state index is 15.0. The van der Waals surface area contributed by atoms with Crippen LogP contribution in [-0.4, -0.2) is 71.3 Å². The summed E-state index contributed by atoms with van der Waals surface area (Å²) in [6, 6.07) is 17.2. The number of sulfone groups is 1. The fourth-order valence-electron chi connectivity index (χ4n) is 5.07. The van der Waals surface area contributed by atoms with Gasteiger partial charge in [0.25, 0.3) is 0 Å². The number of carbonyl (C=O) groups excluding carboxylic acids is 2. The van der Waals surface area contributed by atoms with E-state index in [2.05, 4.69) is 10.6 Å². The number of alkyl carbamates (subject to hydrolysis) is 1. The van der Waals surface area contributed by atoms with E-state index in [4.69, 9.17) is 21.1 Å². The van der Waals surface area contributed by atoms with Crippen LogP contribution in [0.5, 0.6) is 0 Å². The number of anilines is 1. The Morgan fingerprint density at radius 1 is 1.09 bits per heavy atom. The highest BCUT2D eigenvalue weighted by molar-refractivity contribution is 7.90. The number of rotatable bonds is 12. The van der Waals surface area contributed by atoms with Crippen LogP contribution in [0.2, 0.25) is 5.02 Å². The van der Waals surface area contributed by atoms with Crippen molar-refractivity contribution in [2.24, 2.45) is 0 Å². The average molecular weight is 700 g/mol. The van der Waals surface area contributed by atoms with Gasteiger partial charge in [0.05, 0.1) is 23.6 Å². The summed E-state index contributed by atoms with van der Waals surface area (Å²) in [7, 11) is -3.50. The van der Waals surface area contributed by atoms with Crippen LogP contribution in [0.25, 0.3) is 0 Å². The number of carbonyl (C=O) groups is 2. The van der Waals surface area contributed by atoms with Crippen molar-refractivity contribution in [2.45, 2.75) is 48.4 Å². The topological polar surface area (TPSA) is 123 Å². The Balaban J connectivity index is 1.37. The quantitative estimate of drug-likeness (QED) is 0.210. The zero-order valence-corrected chi connectivity index (χ0v) is 26.9. The Morgan fingerprint density at radius 2 is 1.81 bits per heavy atom. The first-order valence-electron chi connectivity index (χ1n) is 14.6. The summed E-state index contributed by atoms with van der Waals surface area (Å²) in [5.41, 5.74) is 1.91. The molecule has 0 bridgehead atoms. The van der Waals surface area contributed by atoms with Crippen molar-refractivity contribution < 1.29 is 45.0 Å². The van der Waals surface area contributed by atoms with Gasteiger partial charge in [-0.2, -0.15) is 13.2 Å². The first-order chi connectivity index (χ1) is 22.2. The van der Waals surface area contributed by atoms with Gasteiger partial charge in [-0.3, -0.25) is 4.79 Å². The molecule has 1 saturated heterocycles. The summed E-state index contributed by atoms with van der Waals surface area (Å²) in [6.45, 7) is -1.26. The maximum absolute atomic E-state index is 15.0. The highest BCUT2D eigenvalue weighted by Gasteiger charge is 2.29. The van der Waals surface area contributed by atoms with Crippen molar-refractivity contribution in [3.63, 3.8) is 0 Å². The fourth-order valence-corrected chi connectivity index (χ4v) is 5.87. The molecule has 15 heteroatoms. The number of benzene rings is 3. The van der Waals surface area contributed by atoms with E-state index in [1.54, 1.807) is 47.8 Å². The average Bonchev–Trinajstić information content (AvgIpc) is 3.02. The largest absolute Gasteiger partial charge is 0.448 e. The summed E-state index contributed by atoms with van der Waals surface area (Å²) in [6.07, 6.45) is -4.46. The molecule has 3 N–H and O–H groups in total. The van der Waals surface area contributed by atoms with Gasteiger partial charge in [0, 0.05) is 41.4 Å². The van der Waals surface area contributed by atoms with Gasteiger partial charge in [-0.1, -0.05) is 41.9 Å². The molecule has 3 aromatic carbocycles. The summed E-state index contributed by atoms with van der Waals surface area (Å²) >= 11 is 6.08. The van der Waals surface area contributed by atoms with Crippen LogP contribution in [0, 0.1) is 5.82 Å². The summed E-state index contributed by atoms with van der Waals surface area (Å²) in [5.74, 6) is -1.46. The number of ether oxygens (including phenoxy) is 2. The molecule has 0 saturated carbocycles. The minimum atomic E-state index is -4.55. The highest BCUT2D eigenvalue weighted by atomic mass is 35.5. The third kappa shape index (κ3) is 11.2. The second kappa shape index (κ2) is 15.9. The van der Waals surface area contributed by atoms with E-state index in [0.29, 0.717) is 23.6 Å². The van der Waals surface area contributed by atoms with Crippen LogP contribution in [0.15, 0.2) is 71.6 Å². The van der Waals surface area contributed by atoms with Gasteiger partial charge < -0.3 is 25.4 Å². The van der Waals surface area contributed by atoms with Crippen molar-refractivity contribution >= 4 is 39.1 Å². The van der Waals surface area contributed by atoms with Crippen LogP contribution in [0.1, 0.15) is 35.4 Å². The van der Waals surface area contributed by atoms with Gasteiger partial charge in [-0.15, -0.1) is 0 Å². The lowest BCUT2D eigenvalue weighted by Crippen LogP contribution is -2.49. The number of halogens is 5. The zero-order chi connectivity index (χ0) is 34.2. The van der Waals surface area contributed by atoms with E-state index < -0.39 is 52.3 Å². The number of hydrogen-bond acceptors (Lipinski definition) is 7. The molecule has 254 valence electrons. The van der Waals surface area contributed by atoms with Crippen molar-refractivity contribution in [3.05, 3.63) is 94.3 Å².